The lowest BCUT2D eigenvalue weighted by atomic mass is 9.85. The summed E-state index contributed by atoms with van der Waals surface area (Å²) in [5.74, 6) is 0. The Balaban J connectivity index is 1.55. The fourth-order valence-corrected chi connectivity index (χ4v) is 53.8. The lowest BCUT2D eigenvalue weighted by molar-refractivity contribution is 1.73. The first-order valence-corrected chi connectivity index (χ1v) is 29.7. The van der Waals surface area contributed by atoms with E-state index in [1.807, 2.05) is 0 Å². The van der Waals surface area contributed by atoms with Crippen LogP contribution in [0.15, 0.2) is 303 Å². The molecule has 1 aliphatic heterocycles. The zero-order valence-corrected chi connectivity index (χ0v) is 40.4. The van der Waals surface area contributed by atoms with Gasteiger partial charge in [-0.2, -0.15) is 0 Å². The minimum atomic E-state index is -2.90. The highest BCUT2D eigenvalue weighted by atomic mass is 31.3. The molecule has 0 amide bonds. The summed E-state index contributed by atoms with van der Waals surface area (Å²) in [6.07, 6.45) is 0. The quantitative estimate of drug-likeness (QED) is 0.0846. The van der Waals surface area contributed by atoms with Crippen molar-refractivity contribution in [1.29, 1.82) is 0 Å². The van der Waals surface area contributed by atoms with E-state index in [-0.39, 0.29) is 0 Å². The molecule has 11 rings (SSSR count). The molecule has 0 N–H and O–H groups in total. The number of rotatable bonds is 12. The molecular weight excluding hydrogens is 866 g/mol. The molecule has 1 saturated heterocycles. The summed E-state index contributed by atoms with van der Waals surface area (Å²) in [6.45, 7) is 0. The van der Waals surface area contributed by atoms with Gasteiger partial charge >= 0.3 is 10.6 Å². The third kappa shape index (κ3) is 6.24. The van der Waals surface area contributed by atoms with Gasteiger partial charge in [0, 0.05) is 21.2 Å². The Morgan fingerprint density at radius 1 is 0.197 bits per heavy atom. The highest BCUT2D eigenvalue weighted by Gasteiger charge is 2.95. The van der Waals surface area contributed by atoms with Crippen LogP contribution in [0.5, 0.6) is 0 Å². The maximum Gasteiger partial charge on any atom is 0.318 e. The van der Waals surface area contributed by atoms with Crippen molar-refractivity contribution in [2.45, 2.75) is 0 Å². The summed E-state index contributed by atoms with van der Waals surface area (Å²) in [7, 11) is -8.15. The van der Waals surface area contributed by atoms with Crippen LogP contribution in [0, 0.1) is 0 Å². The predicted molar refractivity (Wildman–Crippen MR) is 300 cm³/mol. The van der Waals surface area contributed by atoms with Crippen LogP contribution in [0.4, 0.5) is 0 Å². The lowest BCUT2D eigenvalue weighted by Gasteiger charge is -2.85. The fraction of sp³-hybridized carbons (Fsp3) is 0. The van der Waals surface area contributed by atoms with Crippen LogP contribution < -0.4 is 53.4 Å². The second-order valence-electron chi connectivity index (χ2n) is 17.3. The minimum Gasteiger partial charge on any atom is -0.149 e. The highest BCUT2D eigenvalue weighted by Crippen LogP contribution is 3.10. The van der Waals surface area contributed by atoms with Crippen LogP contribution in [0.1, 0.15) is 0 Å². The number of hydrogen-bond acceptors (Lipinski definition) is 0. The Labute approximate surface area is 394 Å². The summed E-state index contributed by atoms with van der Waals surface area (Å²) in [5.41, 5.74) is 2.98. The van der Waals surface area contributed by atoms with Crippen LogP contribution >= 0.6 is 29.6 Å². The zero-order chi connectivity index (χ0) is 44.3. The van der Waals surface area contributed by atoms with E-state index in [4.69, 9.17) is 0 Å². The average molecular weight is 917 g/mol. The van der Waals surface area contributed by atoms with Crippen molar-refractivity contribution in [3.8, 4) is 0 Å². The van der Waals surface area contributed by atoms with Crippen molar-refractivity contribution >= 4 is 93.6 Å². The maximum atomic E-state index is 2.57. The van der Waals surface area contributed by atoms with Crippen molar-refractivity contribution in [3.63, 3.8) is 0 Å². The fourth-order valence-electron chi connectivity index (χ4n) is 12.6. The molecule has 6 heteroatoms. The molecular formula is C60H50B2P4. The third-order valence-electron chi connectivity index (χ3n) is 14.4. The summed E-state index contributed by atoms with van der Waals surface area (Å²) in [5, 5.41) is 8.08. The molecule has 1 fully saturated rings. The molecule has 0 aromatic heterocycles. The van der Waals surface area contributed by atoms with Gasteiger partial charge in [0.15, 0.2) is 0 Å². The molecule has 0 nitrogen and oxygen atoms in total. The molecule has 0 saturated carbocycles. The Bertz CT molecular complexity index is 2730. The summed E-state index contributed by atoms with van der Waals surface area (Å²) < 4.78 is 0. The van der Waals surface area contributed by atoms with Crippen molar-refractivity contribution in [1.82, 2.24) is 0 Å². The van der Waals surface area contributed by atoms with E-state index in [1.165, 1.54) is 53.4 Å². The van der Waals surface area contributed by atoms with E-state index in [2.05, 4.69) is 303 Å². The van der Waals surface area contributed by atoms with Gasteiger partial charge in [-0.3, -0.25) is 0 Å². The van der Waals surface area contributed by atoms with Crippen molar-refractivity contribution < 1.29 is 0 Å². The minimum absolute atomic E-state index is 1.18. The summed E-state index contributed by atoms with van der Waals surface area (Å²) >= 11 is 0. The molecule has 10 aromatic rings. The van der Waals surface area contributed by atoms with E-state index in [0.29, 0.717) is 0 Å². The molecule has 1 heterocycles. The van der Waals surface area contributed by atoms with Gasteiger partial charge < -0.3 is 0 Å². The Morgan fingerprint density at radius 2 is 0.364 bits per heavy atom. The molecule has 0 bridgehead atoms. The van der Waals surface area contributed by atoms with Crippen LogP contribution in [0.2, 0.25) is 0 Å². The smallest absolute Gasteiger partial charge is 0.149 e. The normalized spacial score (nSPS) is 18.3. The largest absolute Gasteiger partial charge is 0.318 e. The van der Waals surface area contributed by atoms with E-state index < -0.39 is 40.2 Å². The molecule has 10 aromatic carbocycles. The standard InChI is InChI=1S/C60H50B2P4/c1-11-31-51(32-12-1)61(63(53-35-15-3-16-36-53)54-37-17-4-18-38-54)65(57-43-23-7-24-44-57,58-45-25-8-26-46-58)62(52-33-13-2-14-34-52,64(55-39-19-5-20-40-55)56-41-21-6-22-42-56)66(61,59-47-27-9-28-48-59)60-49-29-10-30-50-60/h1-50H. The van der Waals surface area contributed by atoms with E-state index >= 15 is 0 Å². The Morgan fingerprint density at radius 3 is 0.561 bits per heavy atom. The number of benzene rings is 10. The van der Waals surface area contributed by atoms with Crippen LogP contribution in [0.3, 0.4) is 0 Å². The van der Waals surface area contributed by atoms with Gasteiger partial charge in [-0.25, -0.2) is 0 Å². The van der Waals surface area contributed by atoms with E-state index in [9.17, 15) is 0 Å². The van der Waals surface area contributed by atoms with Gasteiger partial charge in [0.2, 0.25) is 0 Å². The molecule has 0 aliphatic carbocycles. The molecule has 0 unspecified atom stereocenters. The first-order valence-electron chi connectivity index (χ1n) is 23.0. The van der Waals surface area contributed by atoms with Gasteiger partial charge in [0.25, 0.3) is 0 Å². The first kappa shape index (κ1) is 42.7. The monoisotopic (exact) mass is 916 g/mol. The third-order valence-corrected chi connectivity index (χ3v) is 41.7. The van der Waals surface area contributed by atoms with Crippen LogP contribution in [0.25, 0.3) is 0 Å². The SMILES string of the molecule is c1ccc(P(c2ccccc2)[B-]2(c3ccccc3)[P+](c3ccccc3)(c3ccccc3)[B-](c3ccccc3)(P(c3ccccc3)c3ccccc3)[P+]2(c2ccccc2)c2ccccc2)cc1. The molecule has 0 radical (unpaired) electrons. The summed E-state index contributed by atoms with van der Waals surface area (Å²) in [4.78, 5) is 0. The van der Waals surface area contributed by atoms with Crippen molar-refractivity contribution in [3.05, 3.63) is 303 Å². The van der Waals surface area contributed by atoms with Gasteiger partial charge in [0.1, 0.15) is 0 Å². The van der Waals surface area contributed by atoms with Gasteiger partial charge in [-0.15, -0.1) is 40.6 Å². The molecule has 316 valence electrons. The highest BCUT2D eigenvalue weighted by molar-refractivity contribution is 9.00. The lowest BCUT2D eigenvalue weighted by Crippen LogP contribution is -2.85. The van der Waals surface area contributed by atoms with Gasteiger partial charge in [-0.05, 0) is 69.7 Å². The van der Waals surface area contributed by atoms with E-state index in [1.54, 1.807) is 0 Å². The molecule has 66 heavy (non-hydrogen) atoms. The Hall–Kier alpha value is -5.95. The topological polar surface area (TPSA) is 0 Å². The predicted octanol–water partition coefficient (Wildman–Crippen LogP) is 11.3. The maximum absolute atomic E-state index is 2.90. The molecule has 1 aliphatic rings. The average Bonchev–Trinajstić information content (AvgIpc) is 3.41. The molecule has 0 spiro atoms. The van der Waals surface area contributed by atoms with Crippen LogP contribution in [-0.4, -0.2) is 10.6 Å². The Kier molecular flexibility index (Phi) is 11.9. The first-order chi connectivity index (χ1) is 32.8. The second-order valence-corrected chi connectivity index (χ2v) is 33.1. The van der Waals surface area contributed by atoms with Gasteiger partial charge in [0.05, 0.1) is 0 Å². The zero-order valence-electron chi connectivity index (χ0n) is 36.8. The second kappa shape index (κ2) is 18.4. The van der Waals surface area contributed by atoms with E-state index in [0.717, 1.165) is 0 Å². The van der Waals surface area contributed by atoms with Crippen molar-refractivity contribution in [2.24, 2.45) is 0 Å². The van der Waals surface area contributed by atoms with Gasteiger partial charge in [-0.1, -0.05) is 255 Å². The van der Waals surface area contributed by atoms with Crippen LogP contribution in [-0.2, 0) is 0 Å². The molecule has 0 atom stereocenters. The van der Waals surface area contributed by atoms with Crippen molar-refractivity contribution in [2.75, 3.05) is 0 Å². The number of hydrogen-bond donors (Lipinski definition) is 0. The summed E-state index contributed by atoms with van der Waals surface area (Å²) in [6, 6.07) is 120.